The van der Waals surface area contributed by atoms with Gasteiger partial charge in [-0.25, -0.2) is 0 Å². The third kappa shape index (κ3) is 3.29. The van der Waals surface area contributed by atoms with Crippen LogP contribution in [0.25, 0.3) is 0 Å². The van der Waals surface area contributed by atoms with E-state index in [0.29, 0.717) is 6.42 Å². The van der Waals surface area contributed by atoms with Gasteiger partial charge in [0, 0.05) is 17.9 Å². The fourth-order valence-corrected chi connectivity index (χ4v) is 3.47. The van der Waals surface area contributed by atoms with Crippen molar-refractivity contribution >= 4 is 17.3 Å². The molecule has 1 amide bonds. The molecule has 0 aromatic heterocycles. The molecule has 4 heteroatoms. The number of para-hydroxylation sites is 2. The first-order chi connectivity index (χ1) is 11.6. The molecule has 2 aromatic carbocycles. The smallest absolute Gasteiger partial charge is 0.225 e. The number of rotatable bonds is 5. The van der Waals surface area contributed by atoms with E-state index in [4.69, 9.17) is 5.73 Å². The lowest BCUT2D eigenvalue weighted by Crippen LogP contribution is -2.25. The maximum absolute atomic E-state index is 12.1. The van der Waals surface area contributed by atoms with Gasteiger partial charge in [-0.15, -0.1) is 0 Å². The van der Waals surface area contributed by atoms with Gasteiger partial charge in [0.15, 0.2) is 0 Å². The molecule has 4 nitrogen and oxygen atoms in total. The van der Waals surface area contributed by atoms with Crippen molar-refractivity contribution in [1.82, 2.24) is 4.90 Å². The predicted molar refractivity (Wildman–Crippen MR) is 98.7 cm³/mol. The highest BCUT2D eigenvalue weighted by Gasteiger charge is 2.29. The van der Waals surface area contributed by atoms with E-state index >= 15 is 0 Å². The minimum absolute atomic E-state index is 0.257. The highest BCUT2D eigenvalue weighted by Crippen LogP contribution is 2.40. The van der Waals surface area contributed by atoms with Gasteiger partial charge in [0.25, 0.3) is 0 Å². The zero-order valence-electron chi connectivity index (χ0n) is 14.4. The Morgan fingerprint density at radius 1 is 1.12 bits per heavy atom. The van der Waals surface area contributed by atoms with Crippen LogP contribution in [0.15, 0.2) is 48.5 Å². The van der Waals surface area contributed by atoms with Gasteiger partial charge in [-0.2, -0.15) is 0 Å². The SMILES string of the molecule is CN(C)CCCN1c2ccccc2CC(C(N)=O)c2ccccc21. The second-order valence-corrected chi connectivity index (χ2v) is 6.66. The summed E-state index contributed by atoms with van der Waals surface area (Å²) in [5.41, 5.74) is 10.2. The Bertz CT molecular complexity index is 726. The lowest BCUT2D eigenvalue weighted by atomic mass is 9.91. The van der Waals surface area contributed by atoms with Crippen molar-refractivity contribution in [1.29, 1.82) is 0 Å². The number of anilines is 2. The van der Waals surface area contributed by atoms with Crippen LogP contribution in [0.2, 0.25) is 0 Å². The molecular weight excluding hydrogens is 298 g/mol. The Morgan fingerprint density at radius 3 is 2.50 bits per heavy atom. The summed E-state index contributed by atoms with van der Waals surface area (Å²) in [5.74, 6) is -0.534. The minimum Gasteiger partial charge on any atom is -0.369 e. The largest absolute Gasteiger partial charge is 0.369 e. The third-order valence-electron chi connectivity index (χ3n) is 4.64. The maximum atomic E-state index is 12.1. The topological polar surface area (TPSA) is 49.6 Å². The molecule has 0 aliphatic carbocycles. The lowest BCUT2D eigenvalue weighted by molar-refractivity contribution is -0.119. The van der Waals surface area contributed by atoms with Gasteiger partial charge in [-0.1, -0.05) is 36.4 Å². The van der Waals surface area contributed by atoms with E-state index in [1.54, 1.807) is 0 Å². The van der Waals surface area contributed by atoms with Gasteiger partial charge in [0.05, 0.1) is 5.92 Å². The molecule has 1 heterocycles. The fourth-order valence-electron chi connectivity index (χ4n) is 3.47. The normalized spacial score (nSPS) is 16.5. The molecule has 126 valence electrons. The summed E-state index contributed by atoms with van der Waals surface area (Å²) < 4.78 is 0. The van der Waals surface area contributed by atoms with Crippen molar-refractivity contribution in [2.75, 3.05) is 32.1 Å². The first-order valence-corrected chi connectivity index (χ1v) is 8.46. The number of nitrogens with two attached hydrogens (primary N) is 1. The van der Waals surface area contributed by atoms with Crippen LogP contribution >= 0.6 is 0 Å². The minimum atomic E-state index is -0.277. The Hall–Kier alpha value is -2.33. The van der Waals surface area contributed by atoms with Crippen LogP contribution in [0, 0.1) is 0 Å². The number of carbonyl (C=O) groups excluding carboxylic acids is 1. The molecule has 0 saturated heterocycles. The zero-order chi connectivity index (χ0) is 17.1. The molecule has 1 atom stereocenters. The summed E-state index contributed by atoms with van der Waals surface area (Å²) in [5, 5.41) is 0. The molecule has 0 radical (unpaired) electrons. The maximum Gasteiger partial charge on any atom is 0.225 e. The number of hydrogen-bond acceptors (Lipinski definition) is 3. The Labute approximate surface area is 143 Å². The van der Waals surface area contributed by atoms with Gasteiger partial charge in [0.1, 0.15) is 0 Å². The summed E-state index contributed by atoms with van der Waals surface area (Å²) in [7, 11) is 4.18. The molecule has 0 bridgehead atoms. The summed E-state index contributed by atoms with van der Waals surface area (Å²) in [6.45, 7) is 1.94. The Morgan fingerprint density at radius 2 is 1.79 bits per heavy atom. The second kappa shape index (κ2) is 7.05. The van der Waals surface area contributed by atoms with Crippen molar-refractivity contribution in [3.8, 4) is 0 Å². The second-order valence-electron chi connectivity index (χ2n) is 6.66. The summed E-state index contributed by atoms with van der Waals surface area (Å²) in [4.78, 5) is 16.6. The first-order valence-electron chi connectivity index (χ1n) is 8.46. The molecule has 0 spiro atoms. The van der Waals surface area contributed by atoms with Gasteiger partial charge in [0.2, 0.25) is 5.91 Å². The number of benzene rings is 2. The van der Waals surface area contributed by atoms with Crippen molar-refractivity contribution in [3.63, 3.8) is 0 Å². The highest BCUT2D eigenvalue weighted by molar-refractivity contribution is 5.87. The Balaban J connectivity index is 2.06. The Kier molecular flexibility index (Phi) is 4.86. The molecule has 1 aliphatic rings. The molecule has 1 unspecified atom stereocenters. The zero-order valence-corrected chi connectivity index (χ0v) is 14.4. The average molecular weight is 323 g/mol. The van der Waals surface area contributed by atoms with Gasteiger partial charge >= 0.3 is 0 Å². The van der Waals surface area contributed by atoms with Crippen LogP contribution < -0.4 is 10.6 Å². The van der Waals surface area contributed by atoms with Crippen LogP contribution in [0.1, 0.15) is 23.5 Å². The molecule has 2 aromatic rings. The van der Waals surface area contributed by atoms with Crippen molar-refractivity contribution in [2.24, 2.45) is 5.73 Å². The van der Waals surface area contributed by atoms with Crippen LogP contribution in [-0.4, -0.2) is 38.0 Å². The number of amides is 1. The number of nitrogens with zero attached hydrogens (tertiary/aromatic N) is 2. The van der Waals surface area contributed by atoms with E-state index in [2.05, 4.69) is 48.2 Å². The quantitative estimate of drug-likeness (QED) is 0.920. The van der Waals surface area contributed by atoms with Crippen molar-refractivity contribution in [2.45, 2.75) is 18.8 Å². The van der Waals surface area contributed by atoms with Crippen molar-refractivity contribution in [3.05, 3.63) is 59.7 Å². The summed E-state index contributed by atoms with van der Waals surface area (Å²) in [6.07, 6.45) is 1.71. The predicted octanol–water partition coefficient (Wildman–Crippen LogP) is 2.90. The molecule has 1 aliphatic heterocycles. The number of hydrogen-bond donors (Lipinski definition) is 1. The van der Waals surface area contributed by atoms with Crippen LogP contribution in [0.4, 0.5) is 11.4 Å². The van der Waals surface area contributed by atoms with E-state index in [1.165, 1.54) is 11.3 Å². The lowest BCUT2D eigenvalue weighted by Gasteiger charge is -2.27. The number of carbonyl (C=O) groups is 1. The molecule has 3 rings (SSSR count). The van der Waals surface area contributed by atoms with E-state index in [1.807, 2.05) is 24.3 Å². The van der Waals surface area contributed by atoms with E-state index in [9.17, 15) is 4.79 Å². The standard InChI is InChI=1S/C20H25N3O/c1-22(2)12-7-13-23-18-10-5-3-8-15(18)14-17(20(21)24)16-9-4-6-11-19(16)23/h3-6,8-11,17H,7,12-14H2,1-2H3,(H2,21,24). The number of primary amides is 1. The van der Waals surface area contributed by atoms with Crippen LogP contribution in [0.5, 0.6) is 0 Å². The van der Waals surface area contributed by atoms with Crippen molar-refractivity contribution < 1.29 is 4.79 Å². The monoisotopic (exact) mass is 323 g/mol. The van der Waals surface area contributed by atoms with Gasteiger partial charge in [-0.3, -0.25) is 4.79 Å². The third-order valence-corrected chi connectivity index (χ3v) is 4.64. The van der Waals surface area contributed by atoms with E-state index in [0.717, 1.165) is 30.8 Å². The van der Waals surface area contributed by atoms with Gasteiger partial charge < -0.3 is 15.5 Å². The number of fused-ring (bicyclic) bond motifs is 2. The van der Waals surface area contributed by atoms with Crippen LogP contribution in [-0.2, 0) is 11.2 Å². The fraction of sp³-hybridized carbons (Fsp3) is 0.350. The van der Waals surface area contributed by atoms with E-state index < -0.39 is 0 Å². The molecular formula is C20H25N3O. The summed E-state index contributed by atoms with van der Waals surface area (Å²) >= 11 is 0. The highest BCUT2D eigenvalue weighted by atomic mass is 16.1. The first kappa shape index (κ1) is 16.5. The molecule has 0 fully saturated rings. The van der Waals surface area contributed by atoms with Crippen LogP contribution in [0.3, 0.4) is 0 Å². The molecule has 2 N–H and O–H groups in total. The summed E-state index contributed by atoms with van der Waals surface area (Å²) in [6, 6.07) is 16.5. The average Bonchev–Trinajstić information content (AvgIpc) is 2.70. The van der Waals surface area contributed by atoms with E-state index in [-0.39, 0.29) is 11.8 Å². The van der Waals surface area contributed by atoms with Gasteiger partial charge in [-0.05, 0) is 56.7 Å². The molecule has 0 saturated carbocycles. The molecule has 24 heavy (non-hydrogen) atoms.